The van der Waals surface area contributed by atoms with Gasteiger partial charge in [0.25, 0.3) is 5.91 Å². The highest BCUT2D eigenvalue weighted by atomic mass is 32.1. The molecular formula is C14H20F3N3O3S. The number of unbranched alkanes of at least 4 members (excludes halogenated alkanes) is 1. The van der Waals surface area contributed by atoms with Gasteiger partial charge in [-0.05, 0) is 12.3 Å². The number of rotatable bonds is 7. The van der Waals surface area contributed by atoms with Crippen LogP contribution < -0.4 is 10.8 Å². The fraction of sp³-hybridized carbons (Fsp3) is 0.643. The van der Waals surface area contributed by atoms with Gasteiger partial charge in [0.1, 0.15) is 9.88 Å². The predicted octanol–water partition coefficient (Wildman–Crippen LogP) is 3.28. The van der Waals surface area contributed by atoms with Crippen LogP contribution in [-0.2, 0) is 11.0 Å². The molecule has 0 saturated carbocycles. The summed E-state index contributed by atoms with van der Waals surface area (Å²) in [6.07, 6.45) is -3.10. The van der Waals surface area contributed by atoms with Crippen LogP contribution in [-0.4, -0.2) is 22.0 Å². The van der Waals surface area contributed by atoms with Gasteiger partial charge in [-0.2, -0.15) is 13.2 Å². The Kier molecular flexibility index (Phi) is 7.15. The molecule has 1 aromatic heterocycles. The molecule has 0 aromatic carbocycles. The molecule has 0 aliphatic rings. The Hall–Kier alpha value is -1.68. The summed E-state index contributed by atoms with van der Waals surface area (Å²) < 4.78 is 39.1. The van der Waals surface area contributed by atoms with Crippen molar-refractivity contribution in [2.45, 2.75) is 52.3 Å². The molecule has 0 saturated heterocycles. The lowest BCUT2D eigenvalue weighted by Crippen LogP contribution is -2.31. The zero-order chi connectivity index (χ0) is 18.5. The number of carbonyl (C=O) groups is 2. The number of amides is 2. The number of nitrogens with zero attached hydrogens (tertiary/aromatic N) is 1. The highest BCUT2D eigenvalue weighted by Crippen LogP contribution is 2.37. The van der Waals surface area contributed by atoms with Crippen molar-refractivity contribution < 1.29 is 28.0 Å². The van der Waals surface area contributed by atoms with Crippen molar-refractivity contribution in [2.24, 2.45) is 5.92 Å². The molecule has 0 spiro atoms. The topological polar surface area (TPSA) is 91.3 Å². The second-order valence-electron chi connectivity index (χ2n) is 5.56. The highest BCUT2D eigenvalue weighted by Gasteiger charge is 2.40. The first-order valence-electron chi connectivity index (χ1n) is 7.43. The molecule has 6 nitrogen and oxygen atoms in total. The molecular weight excluding hydrogens is 347 g/mol. The highest BCUT2D eigenvalue weighted by molar-refractivity contribution is 7.13. The van der Waals surface area contributed by atoms with Crippen LogP contribution in [0.3, 0.4) is 0 Å². The molecule has 3 N–H and O–H groups in total. The largest absolute Gasteiger partial charge is 0.435 e. The van der Waals surface area contributed by atoms with Crippen molar-refractivity contribution in [3.63, 3.8) is 0 Å². The molecule has 136 valence electrons. The minimum Gasteiger partial charge on any atom is -0.347 e. The lowest BCUT2D eigenvalue weighted by molar-refractivity contribution is -0.141. The van der Waals surface area contributed by atoms with E-state index < -0.39 is 28.7 Å². The van der Waals surface area contributed by atoms with Gasteiger partial charge in [-0.25, -0.2) is 10.5 Å². The van der Waals surface area contributed by atoms with Gasteiger partial charge >= 0.3 is 6.18 Å². The van der Waals surface area contributed by atoms with Crippen LogP contribution in [0.5, 0.6) is 0 Å². The molecule has 24 heavy (non-hydrogen) atoms. The van der Waals surface area contributed by atoms with E-state index in [1.54, 1.807) is 13.8 Å². The van der Waals surface area contributed by atoms with E-state index in [-0.39, 0.29) is 23.3 Å². The number of carbonyl (C=O) groups excluding carboxylic acids is 2. The fourth-order valence-corrected chi connectivity index (χ4v) is 3.16. The molecule has 0 fully saturated rings. The maximum Gasteiger partial charge on any atom is 0.435 e. The van der Waals surface area contributed by atoms with E-state index in [1.807, 2.05) is 6.92 Å². The standard InChI is InChI=1S/C14H20F3N3O3S/c1-4-5-6-8(21)18-9(7(2)3)13-19-11(14(15,16)17)10(24-13)12(22)20-23/h7,9,23H,4-6H2,1-3H3,(H,18,21)(H,20,22)/t9-/m0/s1. The van der Waals surface area contributed by atoms with E-state index in [9.17, 15) is 22.8 Å². The Morgan fingerprint density at radius 3 is 2.42 bits per heavy atom. The number of aromatic nitrogens is 1. The summed E-state index contributed by atoms with van der Waals surface area (Å²) in [6, 6.07) is -0.749. The van der Waals surface area contributed by atoms with Crippen molar-refractivity contribution >= 4 is 23.2 Å². The first-order chi connectivity index (χ1) is 11.1. The molecule has 1 aromatic rings. The number of hydrogen-bond donors (Lipinski definition) is 3. The molecule has 1 atom stereocenters. The minimum atomic E-state index is -4.84. The minimum absolute atomic E-state index is 0.0271. The average molecular weight is 367 g/mol. The van der Waals surface area contributed by atoms with E-state index in [0.717, 1.165) is 6.42 Å². The molecule has 10 heteroatoms. The van der Waals surface area contributed by atoms with Crippen molar-refractivity contribution in [1.29, 1.82) is 0 Å². The van der Waals surface area contributed by atoms with Gasteiger partial charge in [-0.15, -0.1) is 11.3 Å². The van der Waals surface area contributed by atoms with Crippen LogP contribution in [0.1, 0.15) is 66.4 Å². The molecule has 0 unspecified atom stereocenters. The molecule has 1 rings (SSSR count). The molecule has 1 heterocycles. The maximum atomic E-state index is 13.0. The average Bonchev–Trinajstić information content (AvgIpc) is 2.94. The van der Waals surface area contributed by atoms with Crippen molar-refractivity contribution in [1.82, 2.24) is 15.8 Å². The molecule has 0 bridgehead atoms. The first-order valence-corrected chi connectivity index (χ1v) is 8.25. The Labute approximate surface area is 141 Å². The third-order valence-corrected chi connectivity index (χ3v) is 4.36. The van der Waals surface area contributed by atoms with Crippen LogP contribution in [0, 0.1) is 5.92 Å². The number of nitrogens with one attached hydrogen (secondary N) is 2. The van der Waals surface area contributed by atoms with Crippen LogP contribution in [0.2, 0.25) is 0 Å². The Bertz CT molecular complexity index is 588. The SMILES string of the molecule is CCCCC(=O)N[C@H](c1nc(C(F)(F)F)c(C(=O)NO)s1)C(C)C. The van der Waals surface area contributed by atoms with Crippen molar-refractivity contribution in [3.05, 3.63) is 15.6 Å². The summed E-state index contributed by atoms with van der Waals surface area (Å²) in [5.74, 6) is -1.80. The maximum absolute atomic E-state index is 13.0. The van der Waals surface area contributed by atoms with E-state index in [0.29, 0.717) is 17.8 Å². The number of thiazole rings is 1. The van der Waals surface area contributed by atoms with Gasteiger partial charge in [-0.1, -0.05) is 27.2 Å². The van der Waals surface area contributed by atoms with Gasteiger partial charge in [0.2, 0.25) is 5.91 Å². The number of alkyl halides is 3. The number of halogens is 3. The quantitative estimate of drug-likeness (QED) is 0.509. The second-order valence-corrected chi connectivity index (χ2v) is 6.59. The third-order valence-electron chi connectivity index (χ3n) is 3.23. The summed E-state index contributed by atoms with van der Waals surface area (Å²) in [5, 5.41) is 11.3. The monoisotopic (exact) mass is 367 g/mol. The zero-order valence-corrected chi connectivity index (χ0v) is 14.3. The van der Waals surface area contributed by atoms with Gasteiger partial charge in [0.15, 0.2) is 5.69 Å². The molecule has 0 aliphatic heterocycles. The summed E-state index contributed by atoms with van der Waals surface area (Å²) in [7, 11) is 0. The Morgan fingerprint density at radius 2 is 1.96 bits per heavy atom. The predicted molar refractivity (Wildman–Crippen MR) is 81.6 cm³/mol. The molecule has 0 radical (unpaired) electrons. The van der Waals surface area contributed by atoms with Crippen LogP contribution in [0.15, 0.2) is 0 Å². The normalized spacial score (nSPS) is 13.0. The summed E-state index contributed by atoms with van der Waals surface area (Å²) in [6.45, 7) is 5.37. The zero-order valence-electron chi connectivity index (χ0n) is 13.5. The van der Waals surface area contributed by atoms with E-state index in [1.165, 1.54) is 5.48 Å². The lowest BCUT2D eigenvalue weighted by atomic mass is 10.0. The Morgan fingerprint density at radius 1 is 1.33 bits per heavy atom. The molecule has 2 amide bonds. The number of hydroxylamine groups is 1. The van der Waals surface area contributed by atoms with Gasteiger partial charge < -0.3 is 5.32 Å². The van der Waals surface area contributed by atoms with E-state index in [2.05, 4.69) is 10.3 Å². The summed E-state index contributed by atoms with van der Waals surface area (Å²) in [5.41, 5.74) is -0.185. The number of hydrogen-bond acceptors (Lipinski definition) is 5. The van der Waals surface area contributed by atoms with Crippen molar-refractivity contribution in [3.8, 4) is 0 Å². The third kappa shape index (κ3) is 5.17. The Balaban J connectivity index is 3.18. The summed E-state index contributed by atoms with van der Waals surface area (Å²) >= 11 is 0.503. The van der Waals surface area contributed by atoms with Crippen LogP contribution >= 0.6 is 11.3 Å². The smallest absolute Gasteiger partial charge is 0.347 e. The van der Waals surface area contributed by atoms with Gasteiger partial charge in [0.05, 0.1) is 6.04 Å². The second kappa shape index (κ2) is 8.43. The first kappa shape index (κ1) is 20.4. The van der Waals surface area contributed by atoms with Crippen LogP contribution in [0.25, 0.3) is 0 Å². The molecule has 0 aliphatic carbocycles. The van der Waals surface area contributed by atoms with Crippen molar-refractivity contribution in [2.75, 3.05) is 0 Å². The fourth-order valence-electron chi connectivity index (χ4n) is 1.96. The van der Waals surface area contributed by atoms with Gasteiger partial charge in [0, 0.05) is 6.42 Å². The lowest BCUT2D eigenvalue weighted by Gasteiger charge is -2.20. The van der Waals surface area contributed by atoms with E-state index in [4.69, 9.17) is 5.21 Å². The van der Waals surface area contributed by atoms with Crippen LogP contribution in [0.4, 0.5) is 13.2 Å². The van der Waals surface area contributed by atoms with Gasteiger partial charge in [-0.3, -0.25) is 14.8 Å². The summed E-state index contributed by atoms with van der Waals surface area (Å²) in [4.78, 5) is 26.1. The van der Waals surface area contributed by atoms with E-state index >= 15 is 0 Å².